The normalized spacial score (nSPS) is 27.6. The van der Waals surface area contributed by atoms with Gasteiger partial charge in [0.1, 0.15) is 11.3 Å². The fourth-order valence-corrected chi connectivity index (χ4v) is 12.4. The molecule has 0 unspecified atom stereocenters. The lowest BCUT2D eigenvalue weighted by atomic mass is 9.61. The number of hydrogen-bond acceptors (Lipinski definition) is 13. The second-order valence-corrected chi connectivity index (χ2v) is 20.9. The number of aliphatic hydroxyl groups excluding tert-OH is 2. The number of allylic oxidation sites excluding steroid dienone is 2. The molecule has 0 saturated carbocycles. The maximum absolute atomic E-state index is 14.2. The highest BCUT2D eigenvalue weighted by Gasteiger charge is 2.64. The van der Waals surface area contributed by atoms with Crippen LogP contribution in [0, 0.1) is 23.7 Å². The zero-order valence-electron chi connectivity index (χ0n) is 36.5. The van der Waals surface area contributed by atoms with E-state index < -0.39 is 34.8 Å². The third kappa shape index (κ3) is 9.35. The first-order valence-corrected chi connectivity index (χ1v) is 24.4. The number of carbonyl (C=O) groups excluding carboxylic acids is 2. The van der Waals surface area contributed by atoms with Crippen molar-refractivity contribution in [1.29, 1.82) is 0 Å². The zero-order chi connectivity index (χ0) is 43.6. The Hall–Kier alpha value is -3.69. The van der Waals surface area contributed by atoms with Gasteiger partial charge < -0.3 is 45.4 Å². The molecule has 14 heteroatoms. The predicted octanol–water partition coefficient (Wildman–Crippen LogP) is 5.94. The van der Waals surface area contributed by atoms with Crippen molar-refractivity contribution in [2.75, 3.05) is 44.8 Å². The number of nitrogens with zero attached hydrogens (tertiary/aromatic N) is 1. The van der Waals surface area contributed by atoms with Gasteiger partial charge in [-0.25, -0.2) is 9.59 Å². The average Bonchev–Trinajstić information content (AvgIpc) is 3.59. The highest BCUT2D eigenvalue weighted by molar-refractivity contribution is 8.76. The number of esters is 1. The maximum atomic E-state index is 14.2. The smallest absolute Gasteiger partial charge is 0.339 e. The Morgan fingerprint density at radius 3 is 2.70 bits per heavy atom. The fourth-order valence-electron chi connectivity index (χ4n) is 9.79. The molecular weight excluding hydrogens is 813 g/mol. The van der Waals surface area contributed by atoms with E-state index in [0.717, 1.165) is 46.4 Å². The number of amides is 1. The molecule has 5 aliphatic rings. The quantitative estimate of drug-likeness (QED) is 0.0526. The average molecular weight is 877 g/mol. The summed E-state index contributed by atoms with van der Waals surface area (Å²) in [5.74, 6) is 2.41. The van der Waals surface area contributed by atoms with Crippen molar-refractivity contribution in [2.45, 2.75) is 109 Å². The highest BCUT2D eigenvalue weighted by Crippen LogP contribution is 2.57. The van der Waals surface area contributed by atoms with Gasteiger partial charge in [0.2, 0.25) is 5.91 Å². The Morgan fingerprint density at radius 1 is 1.18 bits per heavy atom. The van der Waals surface area contributed by atoms with Gasteiger partial charge in [0, 0.05) is 85.1 Å². The molecule has 1 spiro atoms. The van der Waals surface area contributed by atoms with Gasteiger partial charge in [0.05, 0.1) is 24.3 Å². The molecule has 1 amide bonds. The summed E-state index contributed by atoms with van der Waals surface area (Å²) in [6.07, 6.45) is 9.49. The van der Waals surface area contributed by atoms with Gasteiger partial charge >= 0.3 is 11.6 Å². The van der Waals surface area contributed by atoms with Gasteiger partial charge in [-0.1, -0.05) is 53.2 Å². The van der Waals surface area contributed by atoms with Crippen LogP contribution in [0.15, 0.2) is 73.8 Å². The van der Waals surface area contributed by atoms with Crippen LogP contribution in [-0.4, -0.2) is 95.1 Å². The molecule has 0 bridgehead atoms. The van der Waals surface area contributed by atoms with Crippen LogP contribution in [0.2, 0.25) is 0 Å². The first kappa shape index (κ1) is 45.3. The van der Waals surface area contributed by atoms with Crippen LogP contribution in [0.5, 0.6) is 5.75 Å². The van der Waals surface area contributed by atoms with Crippen LogP contribution in [0.3, 0.4) is 0 Å². The topological polar surface area (TPSA) is 177 Å². The number of benzene rings is 1. The largest absolute Gasteiger partial charge is 0.481 e. The lowest BCUT2D eigenvalue weighted by Gasteiger charge is -2.53. The molecule has 6 N–H and O–H groups in total. The predicted molar refractivity (Wildman–Crippen MR) is 243 cm³/mol. The van der Waals surface area contributed by atoms with E-state index in [9.17, 15) is 24.6 Å². The molecule has 2 aromatic rings. The molecule has 0 radical (unpaired) electrons. The molecule has 1 aromatic carbocycles. The van der Waals surface area contributed by atoms with E-state index >= 15 is 0 Å². The molecule has 1 saturated heterocycles. The fraction of sp³-hybridized carbons (Fsp3) is 0.596. The van der Waals surface area contributed by atoms with Crippen molar-refractivity contribution in [2.24, 2.45) is 29.4 Å². The van der Waals surface area contributed by atoms with Crippen molar-refractivity contribution < 1.29 is 33.7 Å². The maximum Gasteiger partial charge on any atom is 0.339 e. The Balaban J connectivity index is 1.28. The van der Waals surface area contributed by atoms with Gasteiger partial charge in [0.15, 0.2) is 11.2 Å². The molecule has 1 aromatic heterocycles. The summed E-state index contributed by atoms with van der Waals surface area (Å²) in [5, 5.41) is 28.2. The van der Waals surface area contributed by atoms with Crippen LogP contribution in [0.1, 0.15) is 84.3 Å². The Kier molecular flexibility index (Phi) is 14.1. The summed E-state index contributed by atoms with van der Waals surface area (Å²) in [7, 11) is 5.51. The Labute approximate surface area is 367 Å². The first-order chi connectivity index (χ1) is 29.2. The Bertz CT molecular complexity index is 2180. The second kappa shape index (κ2) is 19.0. The van der Waals surface area contributed by atoms with E-state index in [-0.39, 0.29) is 30.9 Å². The van der Waals surface area contributed by atoms with Gasteiger partial charge in [-0.3, -0.25) is 4.79 Å². The molecular formula is C47H64N4O8S2. The summed E-state index contributed by atoms with van der Waals surface area (Å²) in [6, 6.07) is 5.78. The molecule has 61 heavy (non-hydrogen) atoms. The molecule has 332 valence electrons. The van der Waals surface area contributed by atoms with Crippen LogP contribution < -0.4 is 26.7 Å². The van der Waals surface area contributed by atoms with Gasteiger partial charge in [-0.15, -0.1) is 0 Å². The van der Waals surface area contributed by atoms with Crippen molar-refractivity contribution in [1.82, 2.24) is 15.5 Å². The summed E-state index contributed by atoms with van der Waals surface area (Å²) in [6.45, 7) is 11.6. The van der Waals surface area contributed by atoms with Crippen LogP contribution in [-0.2, 0) is 27.2 Å². The van der Waals surface area contributed by atoms with Crippen molar-refractivity contribution in [3.05, 3.63) is 86.1 Å². The minimum atomic E-state index is -1.18. The number of nitrogens with two attached hydrogens (primary N) is 1. The summed E-state index contributed by atoms with van der Waals surface area (Å²) in [5.41, 5.74) is 8.88. The SMILES string of the molecule is C/C=C(\C)C(=O)O[C@]1(C)CC=C2CSSC[C@@H]3[C@@H](CNC)CN3C(=O)CC3=C(C=C(N)NC3)[C@H]2[C@]12Cc1cc3cc(C[C@H](CO)CC[C@H](O)CCC(C)C)c(=O)oc3cc1O2. The molecule has 4 aliphatic heterocycles. The van der Waals surface area contributed by atoms with Crippen LogP contribution in [0.25, 0.3) is 11.0 Å². The van der Waals surface area contributed by atoms with Gasteiger partial charge in [-0.05, 0) is 107 Å². The number of nitrogens with one attached hydrogen (secondary N) is 2. The summed E-state index contributed by atoms with van der Waals surface area (Å²) < 4.78 is 19.9. The summed E-state index contributed by atoms with van der Waals surface area (Å²) >= 11 is 0. The molecule has 1 aliphatic carbocycles. The minimum Gasteiger partial charge on any atom is -0.481 e. The van der Waals surface area contributed by atoms with E-state index in [1.54, 1.807) is 40.7 Å². The van der Waals surface area contributed by atoms with Gasteiger partial charge in [0.25, 0.3) is 0 Å². The minimum absolute atomic E-state index is 0.0819. The van der Waals surface area contributed by atoms with Crippen molar-refractivity contribution in [3.8, 4) is 5.75 Å². The van der Waals surface area contributed by atoms with Crippen molar-refractivity contribution in [3.63, 3.8) is 0 Å². The summed E-state index contributed by atoms with van der Waals surface area (Å²) in [4.78, 5) is 43.5. The zero-order valence-corrected chi connectivity index (χ0v) is 38.1. The molecule has 12 nitrogen and oxygen atoms in total. The number of ether oxygens (including phenoxy) is 2. The van der Waals surface area contributed by atoms with E-state index in [2.05, 4.69) is 30.6 Å². The number of dihydropyridines is 1. The number of rotatable bonds is 13. The van der Waals surface area contributed by atoms with E-state index in [1.165, 1.54) is 0 Å². The third-order valence-corrected chi connectivity index (χ3v) is 16.0. The Morgan fingerprint density at radius 2 is 1.97 bits per heavy atom. The lowest BCUT2D eigenvalue weighted by Crippen LogP contribution is -2.65. The van der Waals surface area contributed by atoms with Crippen LogP contribution in [0.4, 0.5) is 0 Å². The van der Waals surface area contributed by atoms with E-state index in [0.29, 0.717) is 97.5 Å². The molecule has 7 atom stereocenters. The standard InChI is InChI=1S/C47H64N4O8S2/c1-7-28(4)44(55)59-46(5)13-12-30-25-60-61-26-38-35(21-49-6)23-51(38)42(54)17-34-22-50-41(48)18-37(34)43(30)47(46)20-33-16-31-15-32(45(56)57-39(31)19-40(33)58-47)14-29(24-52)9-11-36(53)10-8-27(2)3/h7,12,15-16,18-19,27,29,35-36,38,43,49-50,52-53H,8-11,13-14,17,20-26,48H2,1-6H3/b28-7+/t29-,35+,36-,38-,43+,46-,47-/m1/s1. The van der Waals surface area contributed by atoms with E-state index in [4.69, 9.17) is 19.6 Å². The lowest BCUT2D eigenvalue weighted by molar-refractivity contribution is -0.186. The molecule has 7 rings (SSSR count). The molecule has 5 heterocycles. The first-order valence-electron chi connectivity index (χ1n) is 21.9. The van der Waals surface area contributed by atoms with E-state index in [1.807, 2.05) is 44.0 Å². The number of carbonyl (C=O) groups is 2. The monoisotopic (exact) mass is 876 g/mol. The van der Waals surface area contributed by atoms with Crippen LogP contribution >= 0.6 is 21.6 Å². The van der Waals surface area contributed by atoms with Gasteiger partial charge in [-0.2, -0.15) is 0 Å². The number of aliphatic hydroxyl groups is 2. The second-order valence-electron chi connectivity index (χ2n) is 18.4. The van der Waals surface area contributed by atoms with Crippen molar-refractivity contribution >= 4 is 44.4 Å². The molecule has 1 fully saturated rings. The number of hydrogen-bond donors (Lipinski definition) is 5. The third-order valence-electron chi connectivity index (χ3n) is 13.7. The highest BCUT2D eigenvalue weighted by atomic mass is 33.1. The number of fused-ring (bicyclic) bond motifs is 6.